The predicted octanol–water partition coefficient (Wildman–Crippen LogP) is 5.34. The lowest BCUT2D eigenvalue weighted by Gasteiger charge is -2.27. The molecule has 3 aromatic rings. The van der Waals surface area contributed by atoms with Gasteiger partial charge in [0.25, 0.3) is 11.8 Å². The highest BCUT2D eigenvalue weighted by Gasteiger charge is 2.38. The molecule has 0 aliphatic carbocycles. The summed E-state index contributed by atoms with van der Waals surface area (Å²) in [5.41, 5.74) is 6.81. The van der Waals surface area contributed by atoms with Crippen LogP contribution in [0.5, 0.6) is 5.75 Å². The lowest BCUT2D eigenvalue weighted by Crippen LogP contribution is -2.35. The topological polar surface area (TPSA) is 156 Å². The molecule has 236 valence electrons. The quantitative estimate of drug-likeness (QED) is 0.217. The number of carbonyl (C=O) groups is 3. The zero-order chi connectivity index (χ0) is 32.7. The van der Waals surface area contributed by atoms with Crippen LogP contribution in [-0.4, -0.2) is 53.2 Å². The second-order valence-electron chi connectivity index (χ2n) is 10.3. The first-order chi connectivity index (χ1) is 20.5. The molecule has 0 bridgehead atoms. The van der Waals surface area contributed by atoms with Gasteiger partial charge in [-0.1, -0.05) is 17.7 Å². The number of carboxylic acids is 1. The van der Waals surface area contributed by atoms with Crippen LogP contribution in [-0.2, 0) is 10.3 Å². The SMILES string of the molecule is CC(C)(N)c1ccc(C(=O)Nc2ccc(F)cc2C(=O)Nc2ccc(Cl)cn2)c(OC2CCNCC2)c1.O=C(O)C(F)(F)F. The van der Waals surface area contributed by atoms with Gasteiger partial charge >= 0.3 is 12.1 Å². The molecule has 6 N–H and O–H groups in total. The van der Waals surface area contributed by atoms with E-state index in [2.05, 4.69) is 20.9 Å². The molecule has 1 saturated heterocycles. The van der Waals surface area contributed by atoms with E-state index in [9.17, 15) is 27.2 Å². The number of hydrogen-bond donors (Lipinski definition) is 5. The predicted molar refractivity (Wildman–Crippen MR) is 155 cm³/mol. The Morgan fingerprint density at radius 2 is 1.64 bits per heavy atom. The molecule has 4 rings (SSSR count). The first-order valence-corrected chi connectivity index (χ1v) is 13.6. The first kappa shape index (κ1) is 34.2. The standard InChI is InChI=1S/C27H29ClFN5O3.C2HF3O2/c1-27(2,30)16-3-6-20(23(13-16)37-19-9-11-31-12-10-19)25(35)33-22-7-5-18(29)14-21(22)26(36)34-24-8-4-17(28)15-32-24;3-2(4,5)1(6)7/h3-8,13-15,19,31H,9-12,30H2,1-2H3,(H,33,35)(H,32,34,36);(H,6,7). The number of amides is 2. The molecule has 2 amide bonds. The Bertz CT molecular complexity index is 1490. The molecule has 1 aliphatic heterocycles. The van der Waals surface area contributed by atoms with Gasteiger partial charge in [0, 0.05) is 11.7 Å². The van der Waals surface area contributed by atoms with Crippen molar-refractivity contribution >= 4 is 40.9 Å². The van der Waals surface area contributed by atoms with Crippen LogP contribution in [0.15, 0.2) is 54.7 Å². The lowest BCUT2D eigenvalue weighted by atomic mass is 9.94. The van der Waals surface area contributed by atoms with Gasteiger partial charge in [0.1, 0.15) is 23.5 Å². The fourth-order valence-corrected chi connectivity index (χ4v) is 4.05. The highest BCUT2D eigenvalue weighted by molar-refractivity contribution is 6.30. The second kappa shape index (κ2) is 14.5. The van der Waals surface area contributed by atoms with Gasteiger partial charge < -0.3 is 31.5 Å². The third-order valence-corrected chi connectivity index (χ3v) is 6.46. The zero-order valence-corrected chi connectivity index (χ0v) is 24.4. The summed E-state index contributed by atoms with van der Waals surface area (Å²) in [6.45, 7) is 5.39. The van der Waals surface area contributed by atoms with E-state index < -0.39 is 35.3 Å². The van der Waals surface area contributed by atoms with Crippen molar-refractivity contribution in [3.8, 4) is 5.75 Å². The number of nitrogens with zero attached hydrogens (tertiary/aromatic N) is 1. The summed E-state index contributed by atoms with van der Waals surface area (Å²) in [6, 6.07) is 11.8. The van der Waals surface area contributed by atoms with Gasteiger partial charge in [-0.2, -0.15) is 13.2 Å². The highest BCUT2D eigenvalue weighted by atomic mass is 35.5. The van der Waals surface area contributed by atoms with Gasteiger partial charge in [0.15, 0.2) is 0 Å². The van der Waals surface area contributed by atoms with Crippen LogP contribution >= 0.6 is 11.6 Å². The molecule has 0 atom stereocenters. The summed E-state index contributed by atoms with van der Waals surface area (Å²) >= 11 is 5.84. The van der Waals surface area contributed by atoms with Gasteiger partial charge in [-0.15, -0.1) is 0 Å². The van der Waals surface area contributed by atoms with E-state index in [0.717, 1.165) is 37.6 Å². The Balaban J connectivity index is 0.000000676. The molecular formula is C29H30ClF4N5O5. The number of carbonyl (C=O) groups excluding carboxylic acids is 2. The van der Waals surface area contributed by atoms with Crippen molar-refractivity contribution < 1.29 is 41.8 Å². The zero-order valence-electron chi connectivity index (χ0n) is 23.6. The maximum atomic E-state index is 14.1. The number of aromatic nitrogens is 1. The number of hydrogen-bond acceptors (Lipinski definition) is 7. The normalized spacial score (nSPS) is 13.7. The summed E-state index contributed by atoms with van der Waals surface area (Å²) in [5, 5.41) is 16.1. The van der Waals surface area contributed by atoms with E-state index in [-0.39, 0.29) is 28.7 Å². The molecular weight excluding hydrogens is 610 g/mol. The van der Waals surface area contributed by atoms with Crippen LogP contribution in [0.1, 0.15) is 53.0 Å². The Morgan fingerprint density at radius 3 is 2.20 bits per heavy atom. The summed E-state index contributed by atoms with van der Waals surface area (Å²) < 4.78 is 52.1. The summed E-state index contributed by atoms with van der Waals surface area (Å²) in [6.07, 6.45) is -2.15. The van der Waals surface area contributed by atoms with E-state index in [1.165, 1.54) is 24.4 Å². The van der Waals surface area contributed by atoms with E-state index in [4.69, 9.17) is 32.0 Å². The van der Waals surface area contributed by atoms with Crippen molar-refractivity contribution in [2.45, 2.75) is 44.5 Å². The Kier molecular flexibility index (Phi) is 11.3. The van der Waals surface area contributed by atoms with Crippen molar-refractivity contribution in [3.63, 3.8) is 0 Å². The van der Waals surface area contributed by atoms with Crippen molar-refractivity contribution in [2.75, 3.05) is 23.7 Å². The van der Waals surface area contributed by atoms with Gasteiger partial charge in [0.05, 0.1) is 21.8 Å². The van der Waals surface area contributed by atoms with Crippen LogP contribution in [0.2, 0.25) is 5.02 Å². The number of nitrogens with two attached hydrogens (primary N) is 1. The number of nitrogens with one attached hydrogen (secondary N) is 3. The van der Waals surface area contributed by atoms with Crippen LogP contribution in [0.25, 0.3) is 0 Å². The van der Waals surface area contributed by atoms with Gasteiger partial charge in [-0.3, -0.25) is 9.59 Å². The van der Waals surface area contributed by atoms with E-state index in [1.807, 2.05) is 13.8 Å². The number of ether oxygens (including phenoxy) is 1. The van der Waals surface area contributed by atoms with Crippen molar-refractivity contribution in [3.05, 3.63) is 82.3 Å². The highest BCUT2D eigenvalue weighted by Crippen LogP contribution is 2.30. The molecule has 44 heavy (non-hydrogen) atoms. The summed E-state index contributed by atoms with van der Waals surface area (Å²) in [7, 11) is 0. The molecule has 2 heterocycles. The molecule has 10 nitrogen and oxygen atoms in total. The molecule has 0 unspecified atom stereocenters. The number of alkyl halides is 3. The largest absolute Gasteiger partial charge is 0.490 e. The second-order valence-corrected chi connectivity index (χ2v) is 10.7. The van der Waals surface area contributed by atoms with Crippen LogP contribution in [0.3, 0.4) is 0 Å². The summed E-state index contributed by atoms with van der Waals surface area (Å²) in [4.78, 5) is 39.3. The van der Waals surface area contributed by atoms with E-state index >= 15 is 0 Å². The maximum Gasteiger partial charge on any atom is 0.490 e. The van der Waals surface area contributed by atoms with E-state index in [1.54, 1.807) is 24.3 Å². The molecule has 0 radical (unpaired) electrons. The maximum absolute atomic E-state index is 14.1. The first-order valence-electron chi connectivity index (χ1n) is 13.2. The third-order valence-electron chi connectivity index (χ3n) is 6.24. The van der Waals surface area contributed by atoms with Gasteiger partial charge in [-0.05, 0) is 87.8 Å². The number of aliphatic carboxylic acids is 1. The molecule has 0 spiro atoms. The number of halogens is 5. The smallest absolute Gasteiger partial charge is 0.489 e. The molecule has 1 aromatic heterocycles. The van der Waals surface area contributed by atoms with Gasteiger partial charge in [0.2, 0.25) is 0 Å². The lowest BCUT2D eigenvalue weighted by molar-refractivity contribution is -0.192. The fraction of sp³-hybridized carbons (Fsp3) is 0.310. The van der Waals surface area contributed by atoms with Crippen LogP contribution in [0.4, 0.5) is 29.1 Å². The number of rotatable bonds is 7. The number of carboxylic acid groups (broad SMARTS) is 1. The average Bonchev–Trinajstić information content (AvgIpc) is 2.95. The molecule has 0 saturated carbocycles. The number of pyridine rings is 1. The summed E-state index contributed by atoms with van der Waals surface area (Å²) in [5.74, 6) is -3.90. The minimum atomic E-state index is -5.08. The number of piperidine rings is 1. The number of benzene rings is 2. The van der Waals surface area contributed by atoms with E-state index in [0.29, 0.717) is 10.8 Å². The molecule has 1 aliphatic rings. The molecule has 2 aromatic carbocycles. The van der Waals surface area contributed by atoms with Crippen molar-refractivity contribution in [1.29, 1.82) is 0 Å². The molecule has 1 fully saturated rings. The Labute approximate surface area is 254 Å². The molecule has 15 heteroatoms. The Hall–Kier alpha value is -4.27. The monoisotopic (exact) mass is 639 g/mol. The van der Waals surface area contributed by atoms with Crippen molar-refractivity contribution in [2.24, 2.45) is 5.73 Å². The minimum absolute atomic E-state index is 0.0528. The van der Waals surface area contributed by atoms with Gasteiger partial charge in [-0.25, -0.2) is 14.2 Å². The fourth-order valence-electron chi connectivity index (χ4n) is 3.94. The van der Waals surface area contributed by atoms with Crippen LogP contribution in [0, 0.1) is 5.82 Å². The average molecular weight is 640 g/mol. The Morgan fingerprint density at radius 1 is 1.00 bits per heavy atom. The van der Waals surface area contributed by atoms with Crippen LogP contribution < -0.4 is 26.4 Å². The number of anilines is 2. The third kappa shape index (κ3) is 9.89. The minimum Gasteiger partial charge on any atom is -0.489 e. The van der Waals surface area contributed by atoms with Crippen molar-refractivity contribution in [1.82, 2.24) is 10.3 Å².